The zero-order valence-corrected chi connectivity index (χ0v) is 19.1. The van der Waals surface area contributed by atoms with Crippen LogP contribution in [0.4, 0.5) is 0 Å². The minimum atomic E-state index is 0. The first-order chi connectivity index (χ1) is 12.1. The maximum absolute atomic E-state index is 4.83. The molecule has 2 atom stereocenters. The van der Waals surface area contributed by atoms with Gasteiger partial charge in [-0.3, -0.25) is 9.89 Å². The Balaban J connectivity index is 0.00000338. The van der Waals surface area contributed by atoms with Crippen molar-refractivity contribution in [1.29, 1.82) is 0 Å². The highest BCUT2D eigenvalue weighted by Crippen LogP contribution is 2.11. The van der Waals surface area contributed by atoms with Crippen LogP contribution in [0.1, 0.15) is 39.3 Å². The number of piperazine rings is 1. The van der Waals surface area contributed by atoms with Crippen LogP contribution in [0.5, 0.6) is 0 Å². The van der Waals surface area contributed by atoms with E-state index in [1.54, 1.807) is 0 Å². The van der Waals surface area contributed by atoms with Gasteiger partial charge >= 0.3 is 0 Å². The number of hydrogen-bond donors (Lipinski definition) is 2. The molecule has 148 valence electrons. The summed E-state index contributed by atoms with van der Waals surface area (Å²) in [4.78, 5) is 9.90. The molecule has 1 heterocycles. The van der Waals surface area contributed by atoms with Crippen LogP contribution in [-0.2, 0) is 0 Å². The van der Waals surface area contributed by atoms with Crippen LogP contribution >= 0.6 is 24.0 Å². The summed E-state index contributed by atoms with van der Waals surface area (Å²) >= 11 is 0. The highest BCUT2D eigenvalue weighted by atomic mass is 127. The lowest BCUT2D eigenvalue weighted by molar-refractivity contribution is 0.109. The van der Waals surface area contributed by atoms with E-state index < -0.39 is 0 Å². The smallest absolute Gasteiger partial charge is 0.191 e. The lowest BCUT2D eigenvalue weighted by atomic mass is 10.1. The fourth-order valence-corrected chi connectivity index (χ4v) is 3.21. The van der Waals surface area contributed by atoms with Gasteiger partial charge in [-0.25, -0.2) is 0 Å². The Bertz CT molecular complexity index is 514. The number of rotatable bonds is 7. The molecule has 2 unspecified atom stereocenters. The molecular weight excluding hydrogens is 437 g/mol. The van der Waals surface area contributed by atoms with Crippen LogP contribution in [0, 0.1) is 0 Å². The number of hydrogen-bond acceptors (Lipinski definition) is 3. The molecule has 2 N–H and O–H groups in total. The summed E-state index contributed by atoms with van der Waals surface area (Å²) in [5.41, 5.74) is 1.27. The monoisotopic (exact) mass is 473 g/mol. The van der Waals surface area contributed by atoms with E-state index in [0.717, 1.165) is 38.7 Å². The quantitative estimate of drug-likeness (QED) is 0.363. The van der Waals surface area contributed by atoms with Gasteiger partial charge in [-0.1, -0.05) is 37.3 Å². The molecule has 1 aliphatic heterocycles. The molecule has 0 radical (unpaired) electrons. The fourth-order valence-electron chi connectivity index (χ4n) is 3.21. The molecule has 6 heteroatoms. The van der Waals surface area contributed by atoms with Crippen molar-refractivity contribution in [1.82, 2.24) is 20.4 Å². The van der Waals surface area contributed by atoms with Gasteiger partial charge < -0.3 is 15.5 Å². The van der Waals surface area contributed by atoms with Gasteiger partial charge in [-0.15, -0.1) is 24.0 Å². The van der Waals surface area contributed by atoms with E-state index in [1.165, 1.54) is 18.7 Å². The maximum Gasteiger partial charge on any atom is 0.191 e. The SMILES string of the molecule is CCNC(=NCC(C)N1CCN(CC)CC1)NC(C)c1ccccc1.I. The van der Waals surface area contributed by atoms with Crippen molar-refractivity contribution < 1.29 is 0 Å². The number of benzene rings is 1. The van der Waals surface area contributed by atoms with Gasteiger partial charge in [0.15, 0.2) is 5.96 Å². The summed E-state index contributed by atoms with van der Waals surface area (Å²) < 4.78 is 0. The number of halogens is 1. The van der Waals surface area contributed by atoms with E-state index in [4.69, 9.17) is 4.99 Å². The van der Waals surface area contributed by atoms with Crippen LogP contribution in [0.15, 0.2) is 35.3 Å². The minimum Gasteiger partial charge on any atom is -0.357 e. The van der Waals surface area contributed by atoms with Crippen molar-refractivity contribution in [2.24, 2.45) is 4.99 Å². The Morgan fingerprint density at radius 1 is 1.08 bits per heavy atom. The van der Waals surface area contributed by atoms with Gasteiger partial charge in [-0.05, 0) is 32.9 Å². The summed E-state index contributed by atoms with van der Waals surface area (Å²) in [5.74, 6) is 0.901. The normalized spacial score (nSPS) is 18.7. The number of aliphatic imine (C=N–C) groups is 1. The molecule has 2 rings (SSSR count). The lowest BCUT2D eigenvalue weighted by Gasteiger charge is -2.37. The molecule has 0 bridgehead atoms. The van der Waals surface area contributed by atoms with Gasteiger partial charge in [0.05, 0.1) is 12.6 Å². The highest BCUT2D eigenvalue weighted by Gasteiger charge is 2.20. The highest BCUT2D eigenvalue weighted by molar-refractivity contribution is 14.0. The number of likely N-dealkylation sites (N-methyl/N-ethyl adjacent to an activating group) is 1. The molecule has 1 saturated heterocycles. The minimum absolute atomic E-state index is 0. The third-order valence-electron chi connectivity index (χ3n) is 4.99. The molecular formula is C20H36IN5. The molecule has 26 heavy (non-hydrogen) atoms. The average molecular weight is 473 g/mol. The third kappa shape index (κ3) is 7.40. The van der Waals surface area contributed by atoms with E-state index in [9.17, 15) is 0 Å². The zero-order valence-electron chi connectivity index (χ0n) is 16.7. The van der Waals surface area contributed by atoms with E-state index >= 15 is 0 Å². The topological polar surface area (TPSA) is 42.9 Å². The molecule has 1 aromatic carbocycles. The number of guanidine groups is 1. The van der Waals surface area contributed by atoms with E-state index in [-0.39, 0.29) is 30.0 Å². The van der Waals surface area contributed by atoms with Gasteiger partial charge in [0.2, 0.25) is 0 Å². The van der Waals surface area contributed by atoms with Crippen molar-refractivity contribution in [3.63, 3.8) is 0 Å². The molecule has 0 saturated carbocycles. The fraction of sp³-hybridized carbons (Fsp3) is 0.650. The van der Waals surface area contributed by atoms with E-state index in [0.29, 0.717) is 6.04 Å². The van der Waals surface area contributed by atoms with E-state index in [1.807, 2.05) is 0 Å². The van der Waals surface area contributed by atoms with Crippen molar-refractivity contribution in [3.8, 4) is 0 Å². The number of nitrogens with one attached hydrogen (secondary N) is 2. The Labute approximate surface area is 176 Å². The van der Waals surface area contributed by atoms with Crippen LogP contribution in [0.2, 0.25) is 0 Å². The largest absolute Gasteiger partial charge is 0.357 e. The Hall–Kier alpha value is -0.860. The summed E-state index contributed by atoms with van der Waals surface area (Å²) in [6.45, 7) is 16.3. The van der Waals surface area contributed by atoms with Crippen LogP contribution < -0.4 is 10.6 Å². The molecule has 5 nitrogen and oxygen atoms in total. The predicted octanol–water partition coefficient (Wildman–Crippen LogP) is 2.95. The van der Waals surface area contributed by atoms with Crippen LogP contribution in [-0.4, -0.2) is 67.6 Å². The number of nitrogens with zero attached hydrogens (tertiary/aromatic N) is 3. The second kappa shape index (κ2) is 12.5. The van der Waals surface area contributed by atoms with Crippen molar-refractivity contribution in [2.45, 2.75) is 39.8 Å². The second-order valence-corrected chi connectivity index (χ2v) is 6.82. The second-order valence-electron chi connectivity index (χ2n) is 6.82. The first-order valence-corrected chi connectivity index (χ1v) is 9.70. The van der Waals surface area contributed by atoms with E-state index in [2.05, 4.69) is 78.5 Å². The van der Waals surface area contributed by atoms with Gasteiger partial charge in [0, 0.05) is 38.8 Å². The van der Waals surface area contributed by atoms with Gasteiger partial charge in [0.1, 0.15) is 0 Å². The van der Waals surface area contributed by atoms with Crippen LogP contribution in [0.3, 0.4) is 0 Å². The molecule has 1 aliphatic rings. The first kappa shape index (κ1) is 23.2. The molecule has 0 amide bonds. The Kier molecular flexibility index (Phi) is 11.2. The third-order valence-corrected chi connectivity index (χ3v) is 4.99. The first-order valence-electron chi connectivity index (χ1n) is 9.70. The van der Waals surface area contributed by atoms with Crippen LogP contribution in [0.25, 0.3) is 0 Å². The summed E-state index contributed by atoms with van der Waals surface area (Å²) in [6, 6.07) is 11.2. The van der Waals surface area contributed by atoms with Crippen molar-refractivity contribution in [2.75, 3.05) is 45.8 Å². The molecule has 0 spiro atoms. The Morgan fingerprint density at radius 2 is 1.73 bits per heavy atom. The van der Waals surface area contributed by atoms with Crippen molar-refractivity contribution >= 4 is 29.9 Å². The summed E-state index contributed by atoms with van der Waals surface area (Å²) in [5, 5.41) is 6.89. The standard InChI is InChI=1S/C20H35N5.HI/c1-5-21-20(23-18(4)19-10-8-7-9-11-19)22-16-17(3)25-14-12-24(6-2)13-15-25;/h7-11,17-18H,5-6,12-16H2,1-4H3,(H2,21,22,23);1H. The van der Waals surface area contributed by atoms with Gasteiger partial charge in [0.25, 0.3) is 0 Å². The maximum atomic E-state index is 4.83. The molecule has 0 aromatic heterocycles. The zero-order chi connectivity index (χ0) is 18.1. The lowest BCUT2D eigenvalue weighted by Crippen LogP contribution is -2.50. The summed E-state index contributed by atoms with van der Waals surface area (Å²) in [7, 11) is 0. The molecule has 1 fully saturated rings. The molecule has 1 aromatic rings. The van der Waals surface area contributed by atoms with Gasteiger partial charge in [-0.2, -0.15) is 0 Å². The molecule has 0 aliphatic carbocycles. The predicted molar refractivity (Wildman–Crippen MR) is 123 cm³/mol. The van der Waals surface area contributed by atoms with Crippen molar-refractivity contribution in [3.05, 3.63) is 35.9 Å². The summed E-state index contributed by atoms with van der Waals surface area (Å²) in [6.07, 6.45) is 0. The average Bonchev–Trinajstić information content (AvgIpc) is 2.66. The Morgan fingerprint density at radius 3 is 2.31 bits per heavy atom.